The predicted octanol–water partition coefficient (Wildman–Crippen LogP) is 8.70. The Morgan fingerprint density at radius 2 is 0.984 bits per heavy atom. The fourth-order valence-electron chi connectivity index (χ4n) is 7.60. The Balaban J connectivity index is 2.55. The maximum atomic E-state index is 13.0. The molecule has 0 bridgehead atoms. The van der Waals surface area contributed by atoms with Crippen molar-refractivity contribution in [2.45, 2.75) is 249 Å². The number of phosphoric acid groups is 1. The van der Waals surface area contributed by atoms with Crippen LogP contribution in [0.5, 0.6) is 0 Å². The van der Waals surface area contributed by atoms with Crippen molar-refractivity contribution in [3.8, 4) is 0 Å². The van der Waals surface area contributed by atoms with Gasteiger partial charge in [-0.25, -0.2) is 4.57 Å². The van der Waals surface area contributed by atoms with Gasteiger partial charge in [0.05, 0.1) is 31.3 Å². The van der Waals surface area contributed by atoms with Gasteiger partial charge in [0.1, 0.15) is 36.6 Å². The van der Waals surface area contributed by atoms with Crippen LogP contribution in [0.25, 0.3) is 0 Å². The average Bonchev–Trinajstić information content (AvgIpc) is 3.26. The summed E-state index contributed by atoms with van der Waals surface area (Å²) in [6.07, 6.45) is 32.0. The highest BCUT2D eigenvalue weighted by Crippen LogP contribution is 2.47. The van der Waals surface area contributed by atoms with Crippen LogP contribution in [0.3, 0.4) is 0 Å². The van der Waals surface area contributed by atoms with Gasteiger partial charge in [0.25, 0.3) is 0 Å². The number of rotatable bonds is 40. The van der Waals surface area contributed by atoms with Gasteiger partial charge >= 0.3 is 7.82 Å². The standard InChI is InChI=1S/C49H90NO12P/c1-3-5-7-9-11-13-15-17-18-19-20-21-22-23-25-27-29-31-33-35-37-42(52)41(39-61-63(59,60)62-49-47(57)45(55)44(54)46(56)48(49)58)50-43(53)38-40(51)36-34-32-30-28-26-24-16-14-12-10-8-6-4-2/h12,14,16,24,27,29,35,37,40-42,44-49,51-52,54-58H,3-11,13,15,17-23,25-26,28,30-34,36,38-39H2,1-2H3,(H,50,53)(H,59,60)/b14-12-,24-16-,29-27+,37-35+. The molecule has 0 spiro atoms. The molecule has 0 aromatic carbocycles. The van der Waals surface area contributed by atoms with E-state index < -0.39 is 75.2 Å². The van der Waals surface area contributed by atoms with E-state index >= 15 is 0 Å². The van der Waals surface area contributed by atoms with Crippen LogP contribution in [0.15, 0.2) is 48.6 Å². The summed E-state index contributed by atoms with van der Waals surface area (Å²) < 4.78 is 22.9. The van der Waals surface area contributed by atoms with Gasteiger partial charge in [0, 0.05) is 0 Å². The van der Waals surface area contributed by atoms with Crippen LogP contribution in [-0.4, -0.2) is 108 Å². The van der Waals surface area contributed by atoms with Crippen molar-refractivity contribution in [2.75, 3.05) is 6.61 Å². The normalized spacial score (nSPS) is 23.3. The minimum Gasteiger partial charge on any atom is -0.393 e. The van der Waals surface area contributed by atoms with Gasteiger partial charge in [-0.3, -0.25) is 13.8 Å². The first kappa shape index (κ1) is 59.3. The second kappa shape index (κ2) is 38.4. The molecule has 14 heteroatoms. The smallest absolute Gasteiger partial charge is 0.393 e. The molecular formula is C49H90NO12P. The number of aliphatic hydroxyl groups excluding tert-OH is 7. The summed E-state index contributed by atoms with van der Waals surface area (Å²) in [4.78, 5) is 23.4. The highest BCUT2D eigenvalue weighted by molar-refractivity contribution is 7.47. The molecular weight excluding hydrogens is 826 g/mol. The van der Waals surface area contributed by atoms with Gasteiger partial charge < -0.3 is 46.0 Å². The molecule has 1 aliphatic carbocycles. The Hall–Kier alpha value is -1.74. The van der Waals surface area contributed by atoms with E-state index in [1.165, 1.54) is 109 Å². The molecule has 9 N–H and O–H groups in total. The van der Waals surface area contributed by atoms with E-state index in [1.54, 1.807) is 6.08 Å². The van der Waals surface area contributed by atoms with E-state index in [0.717, 1.165) is 57.8 Å². The molecule has 8 unspecified atom stereocenters. The highest BCUT2D eigenvalue weighted by atomic mass is 31.2. The van der Waals surface area contributed by atoms with E-state index in [9.17, 15) is 50.0 Å². The number of carbonyl (C=O) groups excluding carboxylic acids is 1. The van der Waals surface area contributed by atoms with Gasteiger partial charge in [0.2, 0.25) is 5.91 Å². The van der Waals surface area contributed by atoms with Crippen LogP contribution < -0.4 is 5.32 Å². The third-order valence-corrected chi connectivity index (χ3v) is 12.6. The van der Waals surface area contributed by atoms with Crippen LogP contribution in [0.1, 0.15) is 194 Å². The van der Waals surface area contributed by atoms with Crippen molar-refractivity contribution >= 4 is 13.7 Å². The molecule has 0 aliphatic heterocycles. The zero-order valence-corrected chi connectivity index (χ0v) is 39.9. The van der Waals surface area contributed by atoms with E-state index in [0.29, 0.717) is 12.8 Å². The fraction of sp³-hybridized carbons (Fsp3) is 0.816. The van der Waals surface area contributed by atoms with Crippen molar-refractivity contribution in [3.05, 3.63) is 48.6 Å². The Bertz CT molecular complexity index is 1260. The molecule has 0 heterocycles. The fourth-order valence-corrected chi connectivity index (χ4v) is 8.57. The molecule has 0 radical (unpaired) electrons. The van der Waals surface area contributed by atoms with Crippen molar-refractivity contribution in [1.82, 2.24) is 5.32 Å². The molecule has 63 heavy (non-hydrogen) atoms. The lowest BCUT2D eigenvalue weighted by Crippen LogP contribution is -2.64. The molecule has 8 atom stereocenters. The van der Waals surface area contributed by atoms with Gasteiger partial charge in [-0.05, 0) is 57.8 Å². The maximum absolute atomic E-state index is 13.0. The summed E-state index contributed by atoms with van der Waals surface area (Å²) in [6.45, 7) is 3.69. The molecule has 0 aromatic rings. The van der Waals surface area contributed by atoms with E-state index in [2.05, 4.69) is 55.6 Å². The zero-order valence-electron chi connectivity index (χ0n) is 39.0. The van der Waals surface area contributed by atoms with Crippen LogP contribution >= 0.6 is 7.82 Å². The molecule has 1 rings (SSSR count). The average molecular weight is 916 g/mol. The SMILES string of the molecule is CCCCC/C=C\C=C/CCCCCCC(O)CC(=O)NC(COP(=O)(O)OC1C(O)C(O)C(O)C(O)C1O)C(O)/C=C/CC/C=C/CCCCCCCCCCCCCCCC. The summed E-state index contributed by atoms with van der Waals surface area (Å²) in [5.74, 6) is -0.616. The Morgan fingerprint density at radius 3 is 1.52 bits per heavy atom. The Labute approximate surface area is 380 Å². The first-order valence-electron chi connectivity index (χ1n) is 24.7. The lowest BCUT2D eigenvalue weighted by atomic mass is 9.85. The largest absolute Gasteiger partial charge is 0.472 e. The summed E-state index contributed by atoms with van der Waals surface area (Å²) in [7, 11) is -5.16. The number of aliphatic hydroxyl groups is 7. The van der Waals surface area contributed by atoms with Crippen LogP contribution in [0, 0.1) is 0 Å². The molecule has 368 valence electrons. The third-order valence-electron chi connectivity index (χ3n) is 11.7. The third kappa shape index (κ3) is 30.2. The number of hydrogen-bond acceptors (Lipinski definition) is 11. The first-order valence-corrected chi connectivity index (χ1v) is 26.2. The number of phosphoric ester groups is 1. The van der Waals surface area contributed by atoms with Gasteiger partial charge in [0.15, 0.2) is 0 Å². The quantitative estimate of drug-likeness (QED) is 0.0122. The first-order chi connectivity index (χ1) is 30.3. The summed E-state index contributed by atoms with van der Waals surface area (Å²) in [6, 6.07) is -1.26. The lowest BCUT2D eigenvalue weighted by molar-refractivity contribution is -0.220. The van der Waals surface area contributed by atoms with Crippen LogP contribution in [0.4, 0.5) is 0 Å². The minimum atomic E-state index is -5.16. The van der Waals surface area contributed by atoms with E-state index in [-0.39, 0.29) is 6.42 Å². The van der Waals surface area contributed by atoms with Crippen molar-refractivity contribution < 1.29 is 59.0 Å². The number of hydrogen-bond donors (Lipinski definition) is 9. The molecule has 1 aliphatic rings. The molecule has 1 fully saturated rings. The highest BCUT2D eigenvalue weighted by Gasteiger charge is 2.51. The summed E-state index contributed by atoms with van der Waals surface area (Å²) in [5, 5.41) is 74.5. The lowest BCUT2D eigenvalue weighted by Gasteiger charge is -2.41. The number of amides is 1. The van der Waals surface area contributed by atoms with Crippen molar-refractivity contribution in [1.29, 1.82) is 0 Å². The van der Waals surface area contributed by atoms with E-state index in [4.69, 9.17) is 9.05 Å². The molecule has 1 saturated carbocycles. The summed E-state index contributed by atoms with van der Waals surface area (Å²) in [5.41, 5.74) is 0. The molecule has 1 amide bonds. The molecule has 0 aromatic heterocycles. The van der Waals surface area contributed by atoms with Gasteiger partial charge in [-0.15, -0.1) is 0 Å². The number of nitrogens with one attached hydrogen (secondary N) is 1. The Morgan fingerprint density at radius 1 is 0.571 bits per heavy atom. The minimum absolute atomic E-state index is 0.268. The van der Waals surface area contributed by atoms with Gasteiger partial charge in [-0.2, -0.15) is 0 Å². The molecule has 13 nitrogen and oxygen atoms in total. The Kier molecular flexibility index (Phi) is 36.1. The van der Waals surface area contributed by atoms with E-state index in [1.807, 2.05) is 0 Å². The van der Waals surface area contributed by atoms with Crippen LogP contribution in [0.2, 0.25) is 0 Å². The maximum Gasteiger partial charge on any atom is 0.472 e. The number of allylic oxidation sites excluding steroid dienone is 7. The van der Waals surface area contributed by atoms with Crippen molar-refractivity contribution in [3.63, 3.8) is 0 Å². The second-order valence-corrected chi connectivity index (χ2v) is 18.9. The van der Waals surface area contributed by atoms with Crippen molar-refractivity contribution in [2.24, 2.45) is 0 Å². The monoisotopic (exact) mass is 916 g/mol. The second-order valence-electron chi connectivity index (χ2n) is 17.5. The summed E-state index contributed by atoms with van der Waals surface area (Å²) >= 11 is 0. The molecule has 0 saturated heterocycles. The number of carbonyl (C=O) groups is 1. The van der Waals surface area contributed by atoms with Crippen LogP contribution in [-0.2, 0) is 18.4 Å². The van der Waals surface area contributed by atoms with Gasteiger partial charge in [-0.1, -0.05) is 178 Å². The predicted molar refractivity (Wildman–Crippen MR) is 252 cm³/mol. The number of unbranched alkanes of at least 4 members (excludes halogenated alkanes) is 22. The topological polar surface area (TPSA) is 226 Å². The zero-order chi connectivity index (χ0) is 46.6.